The first-order chi connectivity index (χ1) is 13.6. The monoisotopic (exact) mass is 379 g/mol. The molecular weight excluding hydrogens is 350 g/mol. The summed E-state index contributed by atoms with van der Waals surface area (Å²) in [5.74, 6) is 0.174. The second kappa shape index (κ2) is 9.00. The topological polar surface area (TPSA) is 62.3 Å². The molecule has 1 aliphatic rings. The van der Waals surface area contributed by atoms with Gasteiger partial charge in [0.15, 0.2) is 0 Å². The molecule has 5 nitrogen and oxygen atoms in total. The van der Waals surface area contributed by atoms with E-state index in [1.54, 1.807) is 6.20 Å². The SMILES string of the molecule is CCNC(=O)C1(Cc2cccc(-c3cccnc3)c2)CCCN(C(=O)CC)C1. The van der Waals surface area contributed by atoms with Gasteiger partial charge in [0.25, 0.3) is 0 Å². The van der Waals surface area contributed by atoms with Crippen LogP contribution in [0.25, 0.3) is 11.1 Å². The van der Waals surface area contributed by atoms with Gasteiger partial charge < -0.3 is 10.2 Å². The number of aromatic nitrogens is 1. The molecule has 0 aliphatic carbocycles. The molecule has 2 amide bonds. The maximum absolute atomic E-state index is 13.1. The van der Waals surface area contributed by atoms with Gasteiger partial charge in [-0.2, -0.15) is 0 Å². The molecule has 1 atom stereocenters. The molecular formula is C23H29N3O2. The number of amides is 2. The number of hydrogen-bond acceptors (Lipinski definition) is 3. The van der Waals surface area contributed by atoms with Crippen molar-refractivity contribution in [3.63, 3.8) is 0 Å². The van der Waals surface area contributed by atoms with Crippen LogP contribution in [0.15, 0.2) is 48.8 Å². The number of benzene rings is 1. The lowest BCUT2D eigenvalue weighted by molar-refractivity contribution is -0.141. The van der Waals surface area contributed by atoms with Gasteiger partial charge in [-0.25, -0.2) is 0 Å². The van der Waals surface area contributed by atoms with Crippen molar-refractivity contribution in [2.24, 2.45) is 5.41 Å². The second-order valence-electron chi connectivity index (χ2n) is 7.53. The lowest BCUT2D eigenvalue weighted by Gasteiger charge is -2.42. The van der Waals surface area contributed by atoms with Gasteiger partial charge in [-0.1, -0.05) is 37.3 Å². The Kier molecular flexibility index (Phi) is 6.45. The van der Waals surface area contributed by atoms with Gasteiger partial charge in [0, 0.05) is 38.4 Å². The number of piperidine rings is 1. The van der Waals surface area contributed by atoms with Crippen molar-refractivity contribution in [2.75, 3.05) is 19.6 Å². The molecule has 0 bridgehead atoms. The normalized spacial score (nSPS) is 19.3. The van der Waals surface area contributed by atoms with E-state index < -0.39 is 5.41 Å². The van der Waals surface area contributed by atoms with Crippen LogP contribution in [-0.4, -0.2) is 41.3 Å². The first kappa shape index (κ1) is 20.1. The molecule has 1 N–H and O–H groups in total. The Hall–Kier alpha value is -2.69. The molecule has 2 heterocycles. The van der Waals surface area contributed by atoms with Crippen LogP contribution in [-0.2, 0) is 16.0 Å². The highest BCUT2D eigenvalue weighted by Crippen LogP contribution is 2.35. The van der Waals surface area contributed by atoms with Crippen molar-refractivity contribution in [3.05, 3.63) is 54.4 Å². The first-order valence-electron chi connectivity index (χ1n) is 10.1. The molecule has 1 aliphatic heterocycles. The molecule has 148 valence electrons. The minimum absolute atomic E-state index is 0.0513. The quantitative estimate of drug-likeness (QED) is 0.836. The lowest BCUT2D eigenvalue weighted by Crippen LogP contribution is -2.54. The third-order valence-electron chi connectivity index (χ3n) is 5.52. The summed E-state index contributed by atoms with van der Waals surface area (Å²) in [6.07, 6.45) is 6.36. The average molecular weight is 380 g/mol. The molecule has 3 rings (SSSR count). The summed E-state index contributed by atoms with van der Waals surface area (Å²) in [6, 6.07) is 12.3. The number of nitrogens with zero attached hydrogens (tertiary/aromatic N) is 2. The molecule has 1 unspecified atom stereocenters. The molecule has 2 aromatic rings. The molecule has 0 spiro atoms. The Morgan fingerprint density at radius 3 is 2.71 bits per heavy atom. The second-order valence-corrected chi connectivity index (χ2v) is 7.53. The van der Waals surface area contributed by atoms with E-state index in [1.165, 1.54) is 0 Å². The van der Waals surface area contributed by atoms with E-state index >= 15 is 0 Å². The Morgan fingerprint density at radius 1 is 1.18 bits per heavy atom. The van der Waals surface area contributed by atoms with E-state index in [1.807, 2.05) is 43.1 Å². The smallest absolute Gasteiger partial charge is 0.228 e. The van der Waals surface area contributed by atoms with Crippen LogP contribution in [0, 0.1) is 5.41 Å². The summed E-state index contributed by atoms with van der Waals surface area (Å²) in [6.45, 7) is 5.64. The van der Waals surface area contributed by atoms with E-state index in [9.17, 15) is 9.59 Å². The fourth-order valence-electron chi connectivity index (χ4n) is 4.11. The zero-order chi connectivity index (χ0) is 20.0. The van der Waals surface area contributed by atoms with Gasteiger partial charge in [-0.05, 0) is 48.9 Å². The largest absolute Gasteiger partial charge is 0.356 e. The molecule has 1 saturated heterocycles. The summed E-state index contributed by atoms with van der Waals surface area (Å²) < 4.78 is 0. The zero-order valence-electron chi connectivity index (χ0n) is 16.8. The van der Waals surface area contributed by atoms with Gasteiger partial charge in [0.1, 0.15) is 0 Å². The van der Waals surface area contributed by atoms with Gasteiger partial charge >= 0.3 is 0 Å². The Labute approximate surface area is 167 Å². The predicted molar refractivity (Wildman–Crippen MR) is 111 cm³/mol. The zero-order valence-corrected chi connectivity index (χ0v) is 16.8. The van der Waals surface area contributed by atoms with Crippen LogP contribution < -0.4 is 5.32 Å². The van der Waals surface area contributed by atoms with E-state index in [0.717, 1.165) is 36.1 Å². The summed E-state index contributed by atoms with van der Waals surface area (Å²) in [4.78, 5) is 31.5. The summed E-state index contributed by atoms with van der Waals surface area (Å²) in [5.41, 5.74) is 2.68. The summed E-state index contributed by atoms with van der Waals surface area (Å²) in [5, 5.41) is 3.01. The van der Waals surface area contributed by atoms with Gasteiger partial charge in [0.05, 0.1) is 5.41 Å². The third-order valence-corrected chi connectivity index (χ3v) is 5.52. The van der Waals surface area contributed by atoms with Crippen LogP contribution in [0.5, 0.6) is 0 Å². The van der Waals surface area contributed by atoms with Crippen LogP contribution in [0.3, 0.4) is 0 Å². The molecule has 0 radical (unpaired) electrons. The Balaban J connectivity index is 1.90. The Morgan fingerprint density at radius 2 is 2.00 bits per heavy atom. The molecule has 5 heteroatoms. The number of carbonyl (C=O) groups is 2. The summed E-state index contributed by atoms with van der Waals surface area (Å²) >= 11 is 0. The summed E-state index contributed by atoms with van der Waals surface area (Å²) in [7, 11) is 0. The number of likely N-dealkylation sites (tertiary alicyclic amines) is 1. The van der Waals surface area contributed by atoms with Crippen molar-refractivity contribution in [2.45, 2.75) is 39.5 Å². The van der Waals surface area contributed by atoms with Crippen LogP contribution in [0.1, 0.15) is 38.7 Å². The average Bonchev–Trinajstić information content (AvgIpc) is 2.74. The van der Waals surface area contributed by atoms with E-state index in [-0.39, 0.29) is 11.8 Å². The van der Waals surface area contributed by atoms with Crippen molar-refractivity contribution >= 4 is 11.8 Å². The number of nitrogens with one attached hydrogen (secondary N) is 1. The van der Waals surface area contributed by atoms with Crippen LogP contribution >= 0.6 is 0 Å². The molecule has 0 saturated carbocycles. The standard InChI is InChI=1S/C23H29N3O2/c1-3-21(27)26-13-7-11-23(17-26,22(28)25-4-2)15-18-8-5-9-19(14-18)20-10-6-12-24-16-20/h5-6,8-10,12,14,16H,3-4,7,11,13,15,17H2,1-2H3,(H,25,28). The number of rotatable bonds is 6. The maximum Gasteiger partial charge on any atom is 0.228 e. The highest BCUT2D eigenvalue weighted by atomic mass is 16.2. The fourth-order valence-corrected chi connectivity index (χ4v) is 4.11. The van der Waals surface area contributed by atoms with Crippen molar-refractivity contribution in [1.29, 1.82) is 0 Å². The van der Waals surface area contributed by atoms with Crippen molar-refractivity contribution in [3.8, 4) is 11.1 Å². The van der Waals surface area contributed by atoms with E-state index in [2.05, 4.69) is 28.5 Å². The van der Waals surface area contributed by atoms with Crippen molar-refractivity contribution < 1.29 is 9.59 Å². The minimum atomic E-state index is -0.577. The maximum atomic E-state index is 13.1. The number of hydrogen-bond donors (Lipinski definition) is 1. The third kappa shape index (κ3) is 4.41. The van der Waals surface area contributed by atoms with Gasteiger partial charge in [-0.15, -0.1) is 0 Å². The van der Waals surface area contributed by atoms with Crippen LogP contribution in [0.4, 0.5) is 0 Å². The van der Waals surface area contributed by atoms with Gasteiger partial charge in [-0.3, -0.25) is 14.6 Å². The predicted octanol–water partition coefficient (Wildman–Crippen LogP) is 3.45. The minimum Gasteiger partial charge on any atom is -0.356 e. The van der Waals surface area contributed by atoms with E-state index in [0.29, 0.717) is 25.9 Å². The van der Waals surface area contributed by atoms with E-state index in [4.69, 9.17) is 0 Å². The highest BCUT2D eigenvalue weighted by molar-refractivity contribution is 5.85. The van der Waals surface area contributed by atoms with Crippen LogP contribution in [0.2, 0.25) is 0 Å². The highest BCUT2D eigenvalue weighted by Gasteiger charge is 2.43. The van der Waals surface area contributed by atoms with Gasteiger partial charge in [0.2, 0.25) is 11.8 Å². The first-order valence-corrected chi connectivity index (χ1v) is 10.1. The molecule has 28 heavy (non-hydrogen) atoms. The Bertz CT molecular complexity index is 822. The van der Waals surface area contributed by atoms with Crippen molar-refractivity contribution in [1.82, 2.24) is 15.2 Å². The molecule has 1 aromatic carbocycles. The fraction of sp³-hybridized carbons (Fsp3) is 0.435. The number of pyridine rings is 1. The molecule has 1 aromatic heterocycles. The lowest BCUT2D eigenvalue weighted by atomic mass is 9.74. The molecule has 1 fully saturated rings. The number of carbonyl (C=O) groups excluding carboxylic acids is 2.